The molecule has 1 atom stereocenters. The van der Waals surface area contributed by atoms with Crippen molar-refractivity contribution in [1.82, 2.24) is 9.62 Å². The van der Waals surface area contributed by atoms with Crippen LogP contribution in [0.1, 0.15) is 25.7 Å². The molecule has 7 heteroatoms. The normalized spacial score (nSPS) is 22.5. The van der Waals surface area contributed by atoms with Gasteiger partial charge in [-0.1, -0.05) is 0 Å². The van der Waals surface area contributed by atoms with Crippen molar-refractivity contribution in [3.8, 4) is 5.75 Å². The quantitative estimate of drug-likeness (QED) is 0.881. The molecule has 2 fully saturated rings. The number of amides is 1. The smallest absolute Gasteiger partial charge is 0.243 e. The molecule has 0 aromatic heterocycles. The second kappa shape index (κ2) is 5.89. The van der Waals surface area contributed by atoms with Crippen LogP contribution < -0.4 is 10.1 Å². The highest BCUT2D eigenvalue weighted by Gasteiger charge is 2.40. The molecule has 0 radical (unpaired) electrons. The first-order valence-electron chi connectivity index (χ1n) is 7.48. The standard InChI is InChI=1S/C15H20N2O4S/c1-21-12-6-8-13(9-7-12)22(19,20)17-10-2-3-14(17)15(18)16-11-4-5-11/h6-9,11,14H,2-5,10H2,1H3,(H,16,18)/t14-/m0/s1. The molecule has 1 aliphatic heterocycles. The van der Waals surface area contributed by atoms with Crippen molar-refractivity contribution < 1.29 is 17.9 Å². The van der Waals surface area contributed by atoms with Crippen LogP contribution in [0, 0.1) is 0 Å². The monoisotopic (exact) mass is 324 g/mol. The van der Waals surface area contributed by atoms with E-state index in [2.05, 4.69) is 5.32 Å². The zero-order valence-corrected chi connectivity index (χ0v) is 13.3. The average molecular weight is 324 g/mol. The predicted octanol–water partition coefficient (Wildman–Crippen LogP) is 1.13. The van der Waals surface area contributed by atoms with Crippen LogP contribution in [-0.2, 0) is 14.8 Å². The number of rotatable bonds is 5. The molecular weight excluding hydrogens is 304 g/mol. The molecule has 22 heavy (non-hydrogen) atoms. The Kier molecular flexibility index (Phi) is 4.10. The van der Waals surface area contributed by atoms with E-state index in [9.17, 15) is 13.2 Å². The fraction of sp³-hybridized carbons (Fsp3) is 0.533. The average Bonchev–Trinajstić information content (AvgIpc) is 3.18. The molecule has 0 unspecified atom stereocenters. The Hall–Kier alpha value is -1.60. The van der Waals surface area contributed by atoms with Crippen LogP contribution >= 0.6 is 0 Å². The van der Waals surface area contributed by atoms with Gasteiger partial charge in [0.25, 0.3) is 0 Å². The zero-order chi connectivity index (χ0) is 15.7. The molecule has 1 amide bonds. The van der Waals surface area contributed by atoms with Crippen LogP contribution in [0.3, 0.4) is 0 Å². The summed E-state index contributed by atoms with van der Waals surface area (Å²) in [4.78, 5) is 12.4. The molecule has 1 aromatic carbocycles. The van der Waals surface area contributed by atoms with Crippen LogP contribution in [0.5, 0.6) is 5.75 Å². The van der Waals surface area contributed by atoms with E-state index < -0.39 is 16.1 Å². The minimum absolute atomic E-state index is 0.169. The van der Waals surface area contributed by atoms with Crippen LogP contribution in [0.2, 0.25) is 0 Å². The molecule has 0 bridgehead atoms. The zero-order valence-electron chi connectivity index (χ0n) is 12.5. The van der Waals surface area contributed by atoms with Gasteiger partial charge in [-0.2, -0.15) is 4.31 Å². The molecule has 2 aliphatic rings. The first-order chi connectivity index (χ1) is 10.5. The maximum atomic E-state index is 12.8. The lowest BCUT2D eigenvalue weighted by Gasteiger charge is -2.23. The van der Waals surface area contributed by atoms with E-state index in [0.29, 0.717) is 25.1 Å². The van der Waals surface area contributed by atoms with Crippen molar-refractivity contribution >= 4 is 15.9 Å². The summed E-state index contributed by atoms with van der Waals surface area (Å²) >= 11 is 0. The summed E-state index contributed by atoms with van der Waals surface area (Å²) < 4.78 is 31.9. The minimum Gasteiger partial charge on any atom is -0.497 e. The first kappa shape index (κ1) is 15.3. The van der Waals surface area contributed by atoms with Crippen molar-refractivity contribution in [3.63, 3.8) is 0 Å². The molecule has 3 rings (SSSR count). The van der Waals surface area contributed by atoms with E-state index in [4.69, 9.17) is 4.74 Å². The third-order valence-electron chi connectivity index (χ3n) is 4.10. The fourth-order valence-electron chi connectivity index (χ4n) is 2.70. The number of ether oxygens (including phenoxy) is 1. The van der Waals surface area contributed by atoms with Crippen molar-refractivity contribution in [2.75, 3.05) is 13.7 Å². The Morgan fingerprint density at radius 1 is 1.23 bits per heavy atom. The van der Waals surface area contributed by atoms with Gasteiger partial charge in [0.05, 0.1) is 12.0 Å². The van der Waals surface area contributed by atoms with Crippen LogP contribution in [0.4, 0.5) is 0 Å². The van der Waals surface area contributed by atoms with E-state index >= 15 is 0 Å². The van der Waals surface area contributed by atoms with E-state index in [1.54, 1.807) is 12.1 Å². The van der Waals surface area contributed by atoms with Gasteiger partial charge in [-0.15, -0.1) is 0 Å². The van der Waals surface area contributed by atoms with E-state index in [-0.39, 0.29) is 16.8 Å². The number of methoxy groups -OCH3 is 1. The molecule has 1 aliphatic carbocycles. The van der Waals surface area contributed by atoms with Gasteiger partial charge in [-0.05, 0) is 49.9 Å². The summed E-state index contributed by atoms with van der Waals surface area (Å²) in [5, 5.41) is 2.90. The molecule has 1 N–H and O–H groups in total. The van der Waals surface area contributed by atoms with Gasteiger partial charge in [0.1, 0.15) is 11.8 Å². The molecule has 120 valence electrons. The highest BCUT2D eigenvalue weighted by atomic mass is 32.2. The van der Waals surface area contributed by atoms with Gasteiger partial charge in [0, 0.05) is 12.6 Å². The summed E-state index contributed by atoms with van der Waals surface area (Å²) in [6.45, 7) is 0.386. The lowest BCUT2D eigenvalue weighted by atomic mass is 10.2. The number of nitrogens with zero attached hydrogens (tertiary/aromatic N) is 1. The van der Waals surface area contributed by atoms with Crippen LogP contribution in [-0.4, -0.2) is 44.4 Å². The molecule has 1 saturated heterocycles. The fourth-order valence-corrected chi connectivity index (χ4v) is 4.35. The maximum absolute atomic E-state index is 12.8. The number of hydrogen-bond acceptors (Lipinski definition) is 4. The minimum atomic E-state index is -3.66. The highest BCUT2D eigenvalue weighted by molar-refractivity contribution is 7.89. The van der Waals surface area contributed by atoms with Crippen LogP contribution in [0.15, 0.2) is 29.2 Å². The van der Waals surface area contributed by atoms with Gasteiger partial charge in [-0.3, -0.25) is 4.79 Å². The van der Waals surface area contributed by atoms with Gasteiger partial charge in [0.2, 0.25) is 15.9 Å². The summed E-state index contributed by atoms with van der Waals surface area (Å²) in [6, 6.07) is 5.90. The number of carbonyl (C=O) groups is 1. The largest absolute Gasteiger partial charge is 0.497 e. The lowest BCUT2D eigenvalue weighted by molar-refractivity contribution is -0.124. The second-order valence-electron chi connectivity index (χ2n) is 5.73. The molecular formula is C15H20N2O4S. The second-order valence-corrected chi connectivity index (χ2v) is 7.62. The molecule has 1 heterocycles. The number of benzene rings is 1. The van der Waals surface area contributed by atoms with Crippen molar-refractivity contribution in [2.24, 2.45) is 0 Å². The van der Waals surface area contributed by atoms with Gasteiger partial charge in [0.15, 0.2) is 0 Å². The van der Waals surface area contributed by atoms with Gasteiger partial charge < -0.3 is 10.1 Å². The first-order valence-corrected chi connectivity index (χ1v) is 8.92. The number of sulfonamides is 1. The molecule has 0 spiro atoms. The Labute approximate surface area is 130 Å². The Balaban J connectivity index is 1.81. The summed E-state index contributed by atoms with van der Waals surface area (Å²) in [5.74, 6) is 0.431. The highest BCUT2D eigenvalue weighted by Crippen LogP contribution is 2.28. The lowest BCUT2D eigenvalue weighted by Crippen LogP contribution is -2.46. The van der Waals surface area contributed by atoms with E-state index in [1.165, 1.54) is 23.5 Å². The number of carbonyl (C=O) groups excluding carboxylic acids is 1. The maximum Gasteiger partial charge on any atom is 0.243 e. The van der Waals surface area contributed by atoms with Crippen molar-refractivity contribution in [1.29, 1.82) is 0 Å². The molecule has 6 nitrogen and oxygen atoms in total. The summed E-state index contributed by atoms with van der Waals surface area (Å²) in [6.07, 6.45) is 3.26. The van der Waals surface area contributed by atoms with E-state index in [1.807, 2.05) is 0 Å². The third kappa shape index (κ3) is 2.96. The van der Waals surface area contributed by atoms with Gasteiger partial charge in [-0.25, -0.2) is 8.42 Å². The topological polar surface area (TPSA) is 75.7 Å². The van der Waals surface area contributed by atoms with Crippen molar-refractivity contribution in [2.45, 2.75) is 42.7 Å². The SMILES string of the molecule is COc1ccc(S(=O)(=O)N2CCC[C@H]2C(=O)NC2CC2)cc1. The third-order valence-corrected chi connectivity index (χ3v) is 6.02. The van der Waals surface area contributed by atoms with Crippen LogP contribution in [0.25, 0.3) is 0 Å². The molecule has 1 saturated carbocycles. The Morgan fingerprint density at radius 2 is 1.91 bits per heavy atom. The number of nitrogens with one attached hydrogen (secondary N) is 1. The molecule has 1 aromatic rings. The van der Waals surface area contributed by atoms with E-state index in [0.717, 1.165) is 12.8 Å². The summed E-state index contributed by atoms with van der Waals surface area (Å²) in [7, 11) is -2.13. The van der Waals surface area contributed by atoms with Crippen molar-refractivity contribution in [3.05, 3.63) is 24.3 Å². The Morgan fingerprint density at radius 3 is 2.50 bits per heavy atom. The number of hydrogen-bond donors (Lipinski definition) is 1. The Bertz CT molecular complexity index is 653. The van der Waals surface area contributed by atoms with Gasteiger partial charge >= 0.3 is 0 Å². The summed E-state index contributed by atoms with van der Waals surface area (Å²) in [5.41, 5.74) is 0. The predicted molar refractivity (Wildman–Crippen MR) is 81.1 cm³/mol.